The second-order valence-electron chi connectivity index (χ2n) is 4.68. The fourth-order valence-corrected chi connectivity index (χ4v) is 2.50. The Kier molecular flexibility index (Phi) is 3.91. The number of halogens is 1. The Morgan fingerprint density at radius 1 is 1.05 bits per heavy atom. The van der Waals surface area contributed by atoms with Gasteiger partial charge in [-0.15, -0.1) is 0 Å². The molecule has 0 spiro atoms. The van der Waals surface area contributed by atoms with E-state index in [1.807, 2.05) is 18.0 Å². The summed E-state index contributed by atoms with van der Waals surface area (Å²) < 4.78 is 0. The van der Waals surface area contributed by atoms with Gasteiger partial charge in [-0.25, -0.2) is 0 Å². The van der Waals surface area contributed by atoms with Gasteiger partial charge in [0.2, 0.25) is 0 Å². The molecular formula is C16H16ClNO. The van der Waals surface area contributed by atoms with E-state index in [1.165, 1.54) is 11.1 Å². The molecule has 98 valence electrons. The van der Waals surface area contributed by atoms with E-state index in [4.69, 9.17) is 11.6 Å². The first kappa shape index (κ1) is 13.6. The summed E-state index contributed by atoms with van der Waals surface area (Å²) >= 11 is 6.24. The highest BCUT2D eigenvalue weighted by molar-refractivity contribution is 6.33. The standard InChI is InChI=1S/C16H16ClNO/c1-11-4-6-15(12(2)8-11)18(3)16-7-5-13(10-19)9-14(16)17/h4-10H,1-3H3. The van der Waals surface area contributed by atoms with Crippen molar-refractivity contribution in [1.29, 1.82) is 0 Å². The fraction of sp³-hybridized carbons (Fsp3) is 0.188. The van der Waals surface area contributed by atoms with Crippen LogP contribution in [-0.2, 0) is 0 Å². The van der Waals surface area contributed by atoms with Crippen molar-refractivity contribution in [3.63, 3.8) is 0 Å². The van der Waals surface area contributed by atoms with E-state index >= 15 is 0 Å². The summed E-state index contributed by atoms with van der Waals surface area (Å²) in [5.74, 6) is 0. The highest BCUT2D eigenvalue weighted by Gasteiger charge is 2.11. The normalized spacial score (nSPS) is 10.3. The number of rotatable bonds is 3. The Labute approximate surface area is 118 Å². The first-order chi connectivity index (χ1) is 9.02. The van der Waals surface area contributed by atoms with E-state index in [-0.39, 0.29) is 0 Å². The number of aldehydes is 1. The summed E-state index contributed by atoms with van der Waals surface area (Å²) in [5.41, 5.74) is 5.00. The molecule has 0 atom stereocenters. The number of nitrogens with zero attached hydrogens (tertiary/aromatic N) is 1. The minimum absolute atomic E-state index is 0.576. The molecule has 0 heterocycles. The van der Waals surface area contributed by atoms with E-state index < -0.39 is 0 Å². The molecule has 0 radical (unpaired) electrons. The number of aryl methyl sites for hydroxylation is 2. The summed E-state index contributed by atoms with van der Waals surface area (Å²) in [6.45, 7) is 4.15. The van der Waals surface area contributed by atoms with Crippen LogP contribution in [-0.4, -0.2) is 13.3 Å². The number of hydrogen-bond donors (Lipinski definition) is 0. The van der Waals surface area contributed by atoms with Crippen LogP contribution in [0.4, 0.5) is 11.4 Å². The van der Waals surface area contributed by atoms with Gasteiger partial charge in [0.05, 0.1) is 10.7 Å². The molecule has 0 fully saturated rings. The van der Waals surface area contributed by atoms with Gasteiger partial charge in [-0.1, -0.05) is 29.3 Å². The molecule has 2 aromatic rings. The van der Waals surface area contributed by atoms with Gasteiger partial charge in [-0.3, -0.25) is 4.79 Å². The lowest BCUT2D eigenvalue weighted by atomic mass is 10.1. The molecule has 2 aromatic carbocycles. The molecule has 0 N–H and O–H groups in total. The zero-order valence-electron chi connectivity index (χ0n) is 11.3. The van der Waals surface area contributed by atoms with Crippen LogP contribution in [0.5, 0.6) is 0 Å². The molecule has 0 aliphatic carbocycles. The summed E-state index contributed by atoms with van der Waals surface area (Å²) in [7, 11) is 1.97. The second-order valence-corrected chi connectivity index (χ2v) is 5.08. The Morgan fingerprint density at radius 3 is 2.32 bits per heavy atom. The van der Waals surface area contributed by atoms with Gasteiger partial charge in [-0.05, 0) is 43.7 Å². The molecule has 3 heteroatoms. The summed E-state index contributed by atoms with van der Waals surface area (Å²) in [6, 6.07) is 11.6. The number of hydrogen-bond acceptors (Lipinski definition) is 2. The Balaban J connectivity index is 2.43. The molecule has 0 bridgehead atoms. The van der Waals surface area contributed by atoms with E-state index in [1.54, 1.807) is 12.1 Å². The number of anilines is 2. The van der Waals surface area contributed by atoms with Crippen molar-refractivity contribution >= 4 is 29.3 Å². The maximum Gasteiger partial charge on any atom is 0.150 e. The fourth-order valence-electron chi connectivity index (χ4n) is 2.18. The van der Waals surface area contributed by atoms with Crippen LogP contribution >= 0.6 is 11.6 Å². The van der Waals surface area contributed by atoms with Crippen molar-refractivity contribution in [3.05, 3.63) is 58.1 Å². The molecule has 0 unspecified atom stereocenters. The lowest BCUT2D eigenvalue weighted by Crippen LogP contribution is -2.11. The van der Waals surface area contributed by atoms with Crippen LogP contribution in [0.25, 0.3) is 0 Å². The predicted octanol–water partition coefficient (Wildman–Crippen LogP) is 4.54. The van der Waals surface area contributed by atoms with Crippen molar-refractivity contribution < 1.29 is 4.79 Å². The largest absolute Gasteiger partial charge is 0.343 e. The second kappa shape index (κ2) is 5.45. The van der Waals surface area contributed by atoms with E-state index in [0.29, 0.717) is 10.6 Å². The van der Waals surface area contributed by atoms with Gasteiger partial charge >= 0.3 is 0 Å². The van der Waals surface area contributed by atoms with E-state index in [0.717, 1.165) is 17.7 Å². The molecule has 0 aliphatic rings. The lowest BCUT2D eigenvalue weighted by Gasteiger charge is -2.23. The maximum absolute atomic E-state index is 10.7. The first-order valence-corrected chi connectivity index (χ1v) is 6.46. The van der Waals surface area contributed by atoms with Crippen molar-refractivity contribution in [3.8, 4) is 0 Å². The van der Waals surface area contributed by atoms with Crippen molar-refractivity contribution in [2.75, 3.05) is 11.9 Å². The third-order valence-corrected chi connectivity index (χ3v) is 3.49. The highest BCUT2D eigenvalue weighted by atomic mass is 35.5. The third-order valence-electron chi connectivity index (χ3n) is 3.18. The Bertz CT molecular complexity index is 622. The number of carbonyl (C=O) groups excluding carboxylic acids is 1. The number of benzene rings is 2. The number of carbonyl (C=O) groups is 1. The molecule has 0 amide bonds. The lowest BCUT2D eigenvalue weighted by molar-refractivity contribution is 0.112. The Morgan fingerprint density at radius 2 is 1.74 bits per heavy atom. The van der Waals surface area contributed by atoms with Crippen molar-refractivity contribution in [2.24, 2.45) is 0 Å². The smallest absolute Gasteiger partial charge is 0.150 e. The average Bonchev–Trinajstić information content (AvgIpc) is 2.37. The topological polar surface area (TPSA) is 20.3 Å². The summed E-state index contributed by atoms with van der Waals surface area (Å²) in [4.78, 5) is 12.8. The molecular weight excluding hydrogens is 258 g/mol. The van der Waals surface area contributed by atoms with Crippen LogP contribution in [0.1, 0.15) is 21.5 Å². The monoisotopic (exact) mass is 273 g/mol. The molecule has 0 aromatic heterocycles. The van der Waals surface area contributed by atoms with Crippen LogP contribution in [0.2, 0.25) is 5.02 Å². The van der Waals surface area contributed by atoms with Crippen LogP contribution in [0, 0.1) is 13.8 Å². The van der Waals surface area contributed by atoms with Crippen molar-refractivity contribution in [1.82, 2.24) is 0 Å². The SMILES string of the molecule is Cc1ccc(N(C)c2ccc(C=O)cc2Cl)c(C)c1. The minimum Gasteiger partial charge on any atom is -0.343 e. The summed E-state index contributed by atoms with van der Waals surface area (Å²) in [6.07, 6.45) is 0.798. The van der Waals surface area contributed by atoms with Gasteiger partial charge in [0.25, 0.3) is 0 Å². The van der Waals surface area contributed by atoms with Gasteiger partial charge in [0.1, 0.15) is 6.29 Å². The van der Waals surface area contributed by atoms with Crippen LogP contribution in [0.3, 0.4) is 0 Å². The predicted molar refractivity (Wildman–Crippen MR) is 80.8 cm³/mol. The zero-order valence-corrected chi connectivity index (χ0v) is 12.0. The molecule has 0 saturated heterocycles. The zero-order chi connectivity index (χ0) is 14.0. The quantitative estimate of drug-likeness (QED) is 0.766. The first-order valence-electron chi connectivity index (χ1n) is 6.08. The molecule has 19 heavy (non-hydrogen) atoms. The van der Waals surface area contributed by atoms with E-state index in [9.17, 15) is 4.79 Å². The van der Waals surface area contributed by atoms with Gasteiger partial charge in [-0.2, -0.15) is 0 Å². The van der Waals surface area contributed by atoms with Crippen LogP contribution < -0.4 is 4.90 Å². The highest BCUT2D eigenvalue weighted by Crippen LogP contribution is 2.33. The average molecular weight is 274 g/mol. The Hall–Kier alpha value is -1.80. The third kappa shape index (κ3) is 2.79. The molecule has 2 rings (SSSR count). The van der Waals surface area contributed by atoms with Crippen molar-refractivity contribution in [2.45, 2.75) is 13.8 Å². The minimum atomic E-state index is 0.576. The molecule has 2 nitrogen and oxygen atoms in total. The maximum atomic E-state index is 10.7. The van der Waals surface area contributed by atoms with Gasteiger partial charge < -0.3 is 4.90 Å². The molecule has 0 saturated carbocycles. The summed E-state index contributed by atoms with van der Waals surface area (Å²) in [5, 5.41) is 0.576. The van der Waals surface area contributed by atoms with Crippen LogP contribution in [0.15, 0.2) is 36.4 Å². The van der Waals surface area contributed by atoms with E-state index in [2.05, 4.69) is 32.0 Å². The molecule has 0 aliphatic heterocycles. The van der Waals surface area contributed by atoms with Gasteiger partial charge in [0.15, 0.2) is 0 Å². The van der Waals surface area contributed by atoms with Gasteiger partial charge in [0, 0.05) is 18.3 Å².